The zero-order valence-corrected chi connectivity index (χ0v) is 18.7. The Bertz CT molecular complexity index is 799. The number of nitrogens with zero attached hydrogens (tertiary/aromatic N) is 6. The van der Waals surface area contributed by atoms with Crippen LogP contribution >= 0.6 is 0 Å². The molecule has 4 rings (SSSR count). The summed E-state index contributed by atoms with van der Waals surface area (Å²) in [4.78, 5) is 43.3. The third-order valence-electron chi connectivity index (χ3n) is 6.58. The van der Waals surface area contributed by atoms with Gasteiger partial charge < -0.3 is 14.7 Å². The number of likely N-dealkylation sites (tertiary alicyclic amines) is 1. The first-order valence-electron chi connectivity index (χ1n) is 11.2. The SMILES string of the molecule is CC(C)N1CCN(C(=O)c2cnc(N(C)C)nc2C2CCN(C(=O)C3CC3)C2)CC1. The predicted molar refractivity (Wildman–Crippen MR) is 116 cm³/mol. The van der Waals surface area contributed by atoms with Gasteiger partial charge in [0.2, 0.25) is 11.9 Å². The molecule has 1 aromatic heterocycles. The lowest BCUT2D eigenvalue weighted by atomic mass is 9.99. The van der Waals surface area contributed by atoms with Crippen LogP contribution in [-0.4, -0.2) is 95.9 Å². The van der Waals surface area contributed by atoms with E-state index in [1.165, 1.54) is 0 Å². The van der Waals surface area contributed by atoms with E-state index in [0.717, 1.165) is 57.7 Å². The van der Waals surface area contributed by atoms with Crippen molar-refractivity contribution in [3.63, 3.8) is 0 Å². The first-order chi connectivity index (χ1) is 14.3. The van der Waals surface area contributed by atoms with E-state index in [0.29, 0.717) is 24.1 Å². The molecular weight excluding hydrogens is 380 g/mol. The lowest BCUT2D eigenvalue weighted by Crippen LogP contribution is -2.51. The Morgan fingerprint density at radius 1 is 1.03 bits per heavy atom. The van der Waals surface area contributed by atoms with Gasteiger partial charge in [0.05, 0.1) is 11.3 Å². The van der Waals surface area contributed by atoms with Crippen LogP contribution in [-0.2, 0) is 4.79 Å². The van der Waals surface area contributed by atoms with Crippen molar-refractivity contribution >= 4 is 17.8 Å². The zero-order valence-electron chi connectivity index (χ0n) is 18.7. The summed E-state index contributed by atoms with van der Waals surface area (Å²) in [5.74, 6) is 1.22. The summed E-state index contributed by atoms with van der Waals surface area (Å²) < 4.78 is 0. The van der Waals surface area contributed by atoms with Crippen LogP contribution in [0.1, 0.15) is 55.1 Å². The van der Waals surface area contributed by atoms with Crippen LogP contribution in [0, 0.1) is 5.92 Å². The van der Waals surface area contributed by atoms with Gasteiger partial charge in [0, 0.05) is 77.4 Å². The molecule has 1 atom stereocenters. The number of hydrogen-bond acceptors (Lipinski definition) is 6. The molecule has 0 spiro atoms. The van der Waals surface area contributed by atoms with Crippen LogP contribution in [0.4, 0.5) is 5.95 Å². The highest BCUT2D eigenvalue weighted by Gasteiger charge is 2.38. The molecule has 1 saturated carbocycles. The maximum absolute atomic E-state index is 13.4. The van der Waals surface area contributed by atoms with Gasteiger partial charge in [-0.25, -0.2) is 9.97 Å². The highest BCUT2D eigenvalue weighted by molar-refractivity contribution is 5.95. The molecule has 0 N–H and O–H groups in total. The van der Waals surface area contributed by atoms with Gasteiger partial charge in [-0.15, -0.1) is 0 Å². The maximum Gasteiger partial charge on any atom is 0.257 e. The summed E-state index contributed by atoms with van der Waals surface area (Å²) in [5, 5.41) is 0. The minimum absolute atomic E-state index is 0.0191. The van der Waals surface area contributed by atoms with Gasteiger partial charge in [-0.05, 0) is 33.1 Å². The van der Waals surface area contributed by atoms with E-state index in [2.05, 4.69) is 23.7 Å². The number of carbonyl (C=O) groups excluding carboxylic acids is 2. The molecule has 2 saturated heterocycles. The Balaban J connectivity index is 1.54. The van der Waals surface area contributed by atoms with Crippen molar-refractivity contribution in [2.75, 3.05) is 58.3 Å². The molecule has 0 aromatic carbocycles. The number of piperazine rings is 1. The number of hydrogen-bond donors (Lipinski definition) is 0. The summed E-state index contributed by atoms with van der Waals surface area (Å²) in [7, 11) is 3.81. The van der Waals surface area contributed by atoms with Crippen molar-refractivity contribution < 1.29 is 9.59 Å². The van der Waals surface area contributed by atoms with Crippen molar-refractivity contribution in [1.29, 1.82) is 0 Å². The summed E-state index contributed by atoms with van der Waals surface area (Å²) in [6, 6.07) is 0.494. The molecule has 0 bridgehead atoms. The Labute approximate surface area is 179 Å². The smallest absolute Gasteiger partial charge is 0.257 e. The number of anilines is 1. The van der Waals surface area contributed by atoms with E-state index >= 15 is 0 Å². The second-order valence-corrected chi connectivity index (χ2v) is 9.33. The lowest BCUT2D eigenvalue weighted by Gasteiger charge is -2.37. The largest absolute Gasteiger partial charge is 0.347 e. The fraction of sp³-hybridized carbons (Fsp3) is 0.727. The van der Waals surface area contributed by atoms with E-state index in [4.69, 9.17) is 4.98 Å². The van der Waals surface area contributed by atoms with Crippen LogP contribution in [0.2, 0.25) is 0 Å². The first-order valence-corrected chi connectivity index (χ1v) is 11.2. The molecule has 8 heteroatoms. The second-order valence-electron chi connectivity index (χ2n) is 9.33. The fourth-order valence-corrected chi connectivity index (χ4v) is 4.46. The zero-order chi connectivity index (χ0) is 21.4. The maximum atomic E-state index is 13.4. The number of amides is 2. The number of carbonyl (C=O) groups is 2. The average molecular weight is 415 g/mol. The minimum atomic E-state index is 0.0191. The van der Waals surface area contributed by atoms with E-state index < -0.39 is 0 Å². The highest BCUT2D eigenvalue weighted by Crippen LogP contribution is 2.35. The topological polar surface area (TPSA) is 72.9 Å². The summed E-state index contributed by atoms with van der Waals surface area (Å²) >= 11 is 0. The van der Waals surface area contributed by atoms with E-state index in [-0.39, 0.29) is 23.7 Å². The molecule has 1 aliphatic carbocycles. The van der Waals surface area contributed by atoms with Crippen LogP contribution < -0.4 is 4.90 Å². The monoisotopic (exact) mass is 414 g/mol. The van der Waals surface area contributed by atoms with Crippen molar-refractivity contribution in [3.05, 3.63) is 17.5 Å². The molecule has 2 amide bonds. The molecular formula is C22H34N6O2. The molecule has 1 aromatic rings. The molecule has 30 heavy (non-hydrogen) atoms. The molecule has 0 radical (unpaired) electrons. The standard InChI is InChI=1S/C22H34N6O2/c1-15(2)26-9-11-27(12-10-26)21(30)18-13-23-22(25(3)4)24-19(18)17-7-8-28(14-17)20(29)16-5-6-16/h13,15-17H,5-12,14H2,1-4H3. The van der Waals surface area contributed by atoms with Crippen LogP contribution in [0.5, 0.6) is 0 Å². The molecule has 1 unspecified atom stereocenters. The fourth-order valence-electron chi connectivity index (χ4n) is 4.46. The molecule has 2 aliphatic heterocycles. The summed E-state index contributed by atoms with van der Waals surface area (Å²) in [6.07, 6.45) is 4.58. The van der Waals surface area contributed by atoms with Gasteiger partial charge in [-0.1, -0.05) is 0 Å². The van der Waals surface area contributed by atoms with Gasteiger partial charge in [0.25, 0.3) is 5.91 Å². The lowest BCUT2D eigenvalue weighted by molar-refractivity contribution is -0.131. The molecule has 3 heterocycles. The molecule has 3 fully saturated rings. The third-order valence-corrected chi connectivity index (χ3v) is 6.58. The Morgan fingerprint density at radius 3 is 2.33 bits per heavy atom. The van der Waals surface area contributed by atoms with Gasteiger partial charge in [0.1, 0.15) is 0 Å². The first kappa shape index (κ1) is 21.0. The normalized spacial score (nSPS) is 22.6. The molecule has 164 valence electrons. The van der Waals surface area contributed by atoms with Crippen molar-refractivity contribution in [3.8, 4) is 0 Å². The van der Waals surface area contributed by atoms with Gasteiger partial charge >= 0.3 is 0 Å². The van der Waals surface area contributed by atoms with Crippen LogP contribution in [0.25, 0.3) is 0 Å². The van der Waals surface area contributed by atoms with Crippen molar-refractivity contribution in [1.82, 2.24) is 24.7 Å². The quantitative estimate of drug-likeness (QED) is 0.726. The van der Waals surface area contributed by atoms with Crippen LogP contribution in [0.15, 0.2) is 6.20 Å². The summed E-state index contributed by atoms with van der Waals surface area (Å²) in [6.45, 7) is 9.02. The van der Waals surface area contributed by atoms with Gasteiger partial charge in [-0.3, -0.25) is 14.5 Å². The summed E-state index contributed by atoms with van der Waals surface area (Å²) in [5.41, 5.74) is 1.40. The van der Waals surface area contributed by atoms with Gasteiger partial charge in [0.15, 0.2) is 0 Å². The highest BCUT2D eigenvalue weighted by atomic mass is 16.2. The Hall–Kier alpha value is -2.22. The van der Waals surface area contributed by atoms with E-state index in [9.17, 15) is 9.59 Å². The Kier molecular flexibility index (Phi) is 5.95. The predicted octanol–water partition coefficient (Wildman–Crippen LogP) is 1.43. The van der Waals surface area contributed by atoms with E-state index in [1.54, 1.807) is 6.20 Å². The Morgan fingerprint density at radius 2 is 1.73 bits per heavy atom. The van der Waals surface area contributed by atoms with Crippen LogP contribution in [0.3, 0.4) is 0 Å². The van der Waals surface area contributed by atoms with E-state index in [1.807, 2.05) is 28.8 Å². The average Bonchev–Trinajstić information content (AvgIpc) is 3.48. The van der Waals surface area contributed by atoms with Crippen molar-refractivity contribution in [2.24, 2.45) is 5.92 Å². The number of rotatable bonds is 5. The molecule has 8 nitrogen and oxygen atoms in total. The molecule has 3 aliphatic rings. The van der Waals surface area contributed by atoms with Gasteiger partial charge in [-0.2, -0.15) is 0 Å². The third kappa shape index (κ3) is 4.29. The number of aromatic nitrogens is 2. The second kappa shape index (κ2) is 8.49. The van der Waals surface area contributed by atoms with Crippen molar-refractivity contribution in [2.45, 2.75) is 45.1 Å². The minimum Gasteiger partial charge on any atom is -0.347 e.